The summed E-state index contributed by atoms with van der Waals surface area (Å²) >= 11 is 0. The lowest BCUT2D eigenvalue weighted by molar-refractivity contribution is -0.133. The number of nitrogens with two attached hydrogens (primary N) is 1. The first-order chi connectivity index (χ1) is 6.44. The van der Waals surface area contributed by atoms with E-state index in [1.54, 1.807) is 4.90 Å². The van der Waals surface area contributed by atoms with E-state index < -0.39 is 5.54 Å². The van der Waals surface area contributed by atoms with Crippen LogP contribution in [0.4, 0.5) is 0 Å². The third kappa shape index (κ3) is 2.96. The standard InChI is InChI=1S/C10H20N2O2/c1-10(2,11)6-9(14)12-5-3-4-8(12)7-13/h8,13H,3-7,11H2,1-2H3/t8-/m0/s1. The quantitative estimate of drug-likeness (QED) is 0.679. The smallest absolute Gasteiger partial charge is 0.224 e. The van der Waals surface area contributed by atoms with Gasteiger partial charge in [-0.05, 0) is 26.7 Å². The third-order valence-corrected chi connectivity index (χ3v) is 2.52. The second-order valence-corrected chi connectivity index (χ2v) is 4.73. The van der Waals surface area contributed by atoms with E-state index in [1.165, 1.54) is 0 Å². The van der Waals surface area contributed by atoms with Crippen molar-refractivity contribution in [1.29, 1.82) is 0 Å². The highest BCUT2D eigenvalue weighted by Gasteiger charge is 2.30. The molecule has 3 N–H and O–H groups in total. The molecule has 4 nitrogen and oxygen atoms in total. The molecule has 82 valence electrons. The first-order valence-corrected chi connectivity index (χ1v) is 5.13. The van der Waals surface area contributed by atoms with Gasteiger partial charge in [0.2, 0.25) is 5.91 Å². The van der Waals surface area contributed by atoms with Crippen molar-refractivity contribution in [3.05, 3.63) is 0 Å². The molecule has 0 aromatic carbocycles. The van der Waals surface area contributed by atoms with Crippen LogP contribution in [0.3, 0.4) is 0 Å². The van der Waals surface area contributed by atoms with Gasteiger partial charge in [0, 0.05) is 18.5 Å². The molecule has 0 aromatic rings. The summed E-state index contributed by atoms with van der Waals surface area (Å²) in [6, 6.07) is 0.0184. The van der Waals surface area contributed by atoms with Crippen molar-refractivity contribution in [3.8, 4) is 0 Å². The molecule has 0 radical (unpaired) electrons. The number of carbonyl (C=O) groups is 1. The molecule has 1 aliphatic rings. The van der Waals surface area contributed by atoms with Gasteiger partial charge in [-0.25, -0.2) is 0 Å². The molecule has 14 heavy (non-hydrogen) atoms. The summed E-state index contributed by atoms with van der Waals surface area (Å²) in [5, 5.41) is 9.06. The van der Waals surface area contributed by atoms with Crippen LogP contribution in [0.1, 0.15) is 33.1 Å². The van der Waals surface area contributed by atoms with E-state index in [0.29, 0.717) is 6.42 Å². The predicted molar refractivity (Wildman–Crippen MR) is 54.7 cm³/mol. The lowest BCUT2D eigenvalue weighted by atomic mass is 10.0. The number of rotatable bonds is 3. The lowest BCUT2D eigenvalue weighted by Gasteiger charge is -2.27. The van der Waals surface area contributed by atoms with E-state index >= 15 is 0 Å². The molecular formula is C10H20N2O2. The highest BCUT2D eigenvalue weighted by Crippen LogP contribution is 2.19. The van der Waals surface area contributed by atoms with E-state index in [0.717, 1.165) is 19.4 Å². The summed E-state index contributed by atoms with van der Waals surface area (Å²) in [5.74, 6) is 0.0639. The van der Waals surface area contributed by atoms with Gasteiger partial charge in [0.15, 0.2) is 0 Å². The van der Waals surface area contributed by atoms with Crippen LogP contribution in [-0.4, -0.2) is 40.6 Å². The molecule has 1 atom stereocenters. The molecule has 1 heterocycles. The molecule has 0 aliphatic carbocycles. The highest BCUT2D eigenvalue weighted by molar-refractivity contribution is 5.78. The molecular weight excluding hydrogens is 180 g/mol. The molecule has 1 aliphatic heterocycles. The number of aliphatic hydroxyl groups is 1. The van der Waals surface area contributed by atoms with Crippen molar-refractivity contribution in [2.45, 2.75) is 44.7 Å². The Balaban J connectivity index is 2.52. The van der Waals surface area contributed by atoms with Gasteiger partial charge in [0.1, 0.15) is 0 Å². The average Bonchev–Trinajstić information content (AvgIpc) is 2.47. The fourth-order valence-corrected chi connectivity index (χ4v) is 1.85. The number of carbonyl (C=O) groups excluding carboxylic acids is 1. The average molecular weight is 200 g/mol. The molecule has 0 saturated carbocycles. The third-order valence-electron chi connectivity index (χ3n) is 2.52. The zero-order valence-electron chi connectivity index (χ0n) is 8.99. The Morgan fingerprint density at radius 2 is 2.29 bits per heavy atom. The molecule has 1 fully saturated rings. The summed E-state index contributed by atoms with van der Waals surface area (Å²) < 4.78 is 0. The molecule has 1 rings (SSSR count). The van der Waals surface area contributed by atoms with Crippen molar-refractivity contribution in [2.24, 2.45) is 5.73 Å². The van der Waals surface area contributed by atoms with Crippen LogP contribution >= 0.6 is 0 Å². The molecule has 1 amide bonds. The monoisotopic (exact) mass is 200 g/mol. The van der Waals surface area contributed by atoms with Gasteiger partial charge >= 0.3 is 0 Å². The van der Waals surface area contributed by atoms with E-state index in [2.05, 4.69) is 0 Å². The van der Waals surface area contributed by atoms with Gasteiger partial charge in [-0.15, -0.1) is 0 Å². The topological polar surface area (TPSA) is 66.6 Å². The van der Waals surface area contributed by atoms with Gasteiger partial charge in [-0.3, -0.25) is 4.79 Å². The SMILES string of the molecule is CC(C)(N)CC(=O)N1CCC[C@H]1CO. The maximum absolute atomic E-state index is 11.8. The largest absolute Gasteiger partial charge is 0.394 e. The van der Waals surface area contributed by atoms with Gasteiger partial charge in [0.25, 0.3) is 0 Å². The minimum absolute atomic E-state index is 0.0184. The van der Waals surface area contributed by atoms with E-state index in [4.69, 9.17) is 10.8 Å². The first kappa shape index (κ1) is 11.5. The van der Waals surface area contributed by atoms with Gasteiger partial charge in [-0.2, -0.15) is 0 Å². The first-order valence-electron chi connectivity index (χ1n) is 5.13. The van der Waals surface area contributed by atoms with Crippen LogP contribution in [0.25, 0.3) is 0 Å². The van der Waals surface area contributed by atoms with Gasteiger partial charge in [-0.1, -0.05) is 0 Å². The summed E-state index contributed by atoms with van der Waals surface area (Å²) in [7, 11) is 0. The fourth-order valence-electron chi connectivity index (χ4n) is 1.85. The van der Waals surface area contributed by atoms with Crippen LogP contribution in [-0.2, 0) is 4.79 Å². The minimum Gasteiger partial charge on any atom is -0.394 e. The van der Waals surface area contributed by atoms with E-state index in [9.17, 15) is 4.79 Å². The fraction of sp³-hybridized carbons (Fsp3) is 0.900. The maximum atomic E-state index is 11.8. The predicted octanol–water partition coefficient (Wildman–Crippen LogP) is 0.0971. The molecule has 0 unspecified atom stereocenters. The normalized spacial score (nSPS) is 22.9. The van der Waals surface area contributed by atoms with Crippen LogP contribution in [0.5, 0.6) is 0 Å². The van der Waals surface area contributed by atoms with Crippen LogP contribution in [0, 0.1) is 0 Å². The zero-order chi connectivity index (χ0) is 10.8. The van der Waals surface area contributed by atoms with Gasteiger partial charge < -0.3 is 15.7 Å². The summed E-state index contributed by atoms with van der Waals surface area (Å²) in [5.41, 5.74) is 5.32. The number of amides is 1. The summed E-state index contributed by atoms with van der Waals surface area (Å²) in [6.45, 7) is 4.51. The van der Waals surface area contributed by atoms with Crippen LogP contribution in [0.2, 0.25) is 0 Å². The van der Waals surface area contributed by atoms with Crippen molar-refractivity contribution < 1.29 is 9.90 Å². The minimum atomic E-state index is -0.459. The van der Waals surface area contributed by atoms with Crippen molar-refractivity contribution >= 4 is 5.91 Å². The second kappa shape index (κ2) is 4.28. The highest BCUT2D eigenvalue weighted by atomic mass is 16.3. The number of hydrogen-bond acceptors (Lipinski definition) is 3. The van der Waals surface area contributed by atoms with Crippen molar-refractivity contribution in [2.75, 3.05) is 13.2 Å². The Bertz CT molecular complexity index is 211. The van der Waals surface area contributed by atoms with Crippen LogP contribution < -0.4 is 5.73 Å². The van der Waals surface area contributed by atoms with Crippen LogP contribution in [0.15, 0.2) is 0 Å². The molecule has 0 bridgehead atoms. The summed E-state index contributed by atoms with van der Waals surface area (Å²) in [4.78, 5) is 13.5. The lowest BCUT2D eigenvalue weighted by Crippen LogP contribution is -2.44. The van der Waals surface area contributed by atoms with Crippen molar-refractivity contribution in [1.82, 2.24) is 4.90 Å². The number of likely N-dealkylation sites (tertiary alicyclic amines) is 1. The Morgan fingerprint density at radius 3 is 2.79 bits per heavy atom. The maximum Gasteiger partial charge on any atom is 0.224 e. The number of aliphatic hydroxyl groups excluding tert-OH is 1. The Morgan fingerprint density at radius 1 is 1.64 bits per heavy atom. The number of nitrogens with zero attached hydrogens (tertiary/aromatic N) is 1. The second-order valence-electron chi connectivity index (χ2n) is 4.73. The Labute approximate surface area is 85.1 Å². The van der Waals surface area contributed by atoms with E-state index in [-0.39, 0.29) is 18.6 Å². The Hall–Kier alpha value is -0.610. The molecule has 4 heteroatoms. The molecule has 1 saturated heterocycles. The van der Waals surface area contributed by atoms with Crippen molar-refractivity contribution in [3.63, 3.8) is 0 Å². The number of hydrogen-bond donors (Lipinski definition) is 2. The Kier molecular flexibility index (Phi) is 3.50. The zero-order valence-corrected chi connectivity index (χ0v) is 8.99. The van der Waals surface area contributed by atoms with Gasteiger partial charge in [0.05, 0.1) is 12.6 Å². The molecule has 0 spiro atoms. The van der Waals surface area contributed by atoms with E-state index in [1.807, 2.05) is 13.8 Å². The summed E-state index contributed by atoms with van der Waals surface area (Å²) in [6.07, 6.45) is 2.25. The molecule has 0 aromatic heterocycles.